The van der Waals surface area contributed by atoms with Crippen LogP contribution in [-0.2, 0) is 19.6 Å². The molecule has 3 rings (SSSR count). The fourth-order valence-corrected chi connectivity index (χ4v) is 3.34. The van der Waals surface area contributed by atoms with Gasteiger partial charge in [-0.25, -0.2) is 0 Å². The Morgan fingerprint density at radius 2 is 2.17 bits per heavy atom. The normalized spacial score (nSPS) is 18.9. The van der Waals surface area contributed by atoms with E-state index in [0.29, 0.717) is 6.04 Å². The van der Waals surface area contributed by atoms with E-state index in [0.717, 1.165) is 50.1 Å². The van der Waals surface area contributed by atoms with Crippen LogP contribution in [0.25, 0.3) is 0 Å². The van der Waals surface area contributed by atoms with Gasteiger partial charge >= 0.3 is 0 Å². The van der Waals surface area contributed by atoms with Gasteiger partial charge in [0.15, 0.2) is 0 Å². The van der Waals surface area contributed by atoms with Crippen molar-refractivity contribution in [3.63, 3.8) is 0 Å². The summed E-state index contributed by atoms with van der Waals surface area (Å²) in [6, 6.07) is 6.70. The van der Waals surface area contributed by atoms with E-state index in [1.165, 1.54) is 6.42 Å². The summed E-state index contributed by atoms with van der Waals surface area (Å²) in [5, 5.41) is 8.54. The Kier molecular flexibility index (Phi) is 5.03. The average molecular weight is 314 g/mol. The van der Waals surface area contributed by atoms with Gasteiger partial charge in [0, 0.05) is 38.4 Å². The highest BCUT2D eigenvalue weighted by atomic mass is 15.3. The first-order valence-corrected chi connectivity index (χ1v) is 8.38. The van der Waals surface area contributed by atoms with Crippen molar-refractivity contribution in [3.05, 3.63) is 41.7 Å². The Balaban J connectivity index is 1.56. The summed E-state index contributed by atoms with van der Waals surface area (Å²) >= 11 is 0. The number of nitrogens with zero attached hydrogens (tertiary/aromatic N) is 6. The van der Waals surface area contributed by atoms with E-state index in [1.807, 2.05) is 19.2 Å². The predicted molar refractivity (Wildman–Crippen MR) is 89.8 cm³/mol. The molecule has 1 fully saturated rings. The molecule has 23 heavy (non-hydrogen) atoms. The first-order valence-electron chi connectivity index (χ1n) is 8.38. The number of hydrogen-bond acceptors (Lipinski definition) is 5. The first-order chi connectivity index (χ1) is 11.2. The second-order valence-corrected chi connectivity index (χ2v) is 6.32. The lowest BCUT2D eigenvalue weighted by molar-refractivity contribution is 0.215. The molecule has 1 saturated heterocycles. The molecular weight excluding hydrogens is 288 g/mol. The van der Waals surface area contributed by atoms with Crippen LogP contribution >= 0.6 is 0 Å². The molecule has 0 bridgehead atoms. The van der Waals surface area contributed by atoms with Crippen molar-refractivity contribution in [3.8, 4) is 0 Å². The maximum atomic E-state index is 4.43. The van der Waals surface area contributed by atoms with Gasteiger partial charge in [0.2, 0.25) is 0 Å². The third-order valence-corrected chi connectivity index (χ3v) is 4.70. The number of likely N-dealkylation sites (tertiary alicyclic amines) is 1. The van der Waals surface area contributed by atoms with E-state index in [4.69, 9.17) is 0 Å². The third-order valence-electron chi connectivity index (χ3n) is 4.70. The van der Waals surface area contributed by atoms with Crippen molar-refractivity contribution < 1.29 is 0 Å². The molecule has 0 aliphatic carbocycles. The van der Waals surface area contributed by atoms with E-state index in [-0.39, 0.29) is 0 Å². The lowest BCUT2D eigenvalue weighted by Gasteiger charge is -2.24. The maximum absolute atomic E-state index is 4.43. The number of pyridine rings is 1. The Morgan fingerprint density at radius 1 is 1.30 bits per heavy atom. The predicted octanol–water partition coefficient (Wildman–Crippen LogP) is 1.71. The highest BCUT2D eigenvalue weighted by molar-refractivity contribution is 5.04. The molecule has 6 heteroatoms. The summed E-state index contributed by atoms with van der Waals surface area (Å²) in [5.74, 6) is 2.06. The van der Waals surface area contributed by atoms with Crippen molar-refractivity contribution in [1.29, 1.82) is 0 Å². The summed E-state index contributed by atoms with van der Waals surface area (Å²) in [4.78, 5) is 9.32. The van der Waals surface area contributed by atoms with Gasteiger partial charge < -0.3 is 4.57 Å². The second kappa shape index (κ2) is 7.19. The van der Waals surface area contributed by atoms with Gasteiger partial charge in [-0.1, -0.05) is 6.07 Å². The van der Waals surface area contributed by atoms with Gasteiger partial charge in [0.25, 0.3) is 0 Å². The van der Waals surface area contributed by atoms with Crippen LogP contribution in [0.2, 0.25) is 0 Å². The molecule has 1 atom stereocenters. The fourth-order valence-electron chi connectivity index (χ4n) is 3.34. The van der Waals surface area contributed by atoms with Crippen LogP contribution in [0.5, 0.6) is 0 Å². The third kappa shape index (κ3) is 3.76. The van der Waals surface area contributed by atoms with Crippen LogP contribution in [0.3, 0.4) is 0 Å². The van der Waals surface area contributed by atoms with E-state index in [2.05, 4.69) is 55.7 Å². The maximum Gasteiger partial charge on any atom is 0.147 e. The minimum atomic E-state index is 0.570. The van der Waals surface area contributed by atoms with E-state index < -0.39 is 0 Å². The number of rotatable bonds is 6. The van der Waals surface area contributed by atoms with Gasteiger partial charge in [0.05, 0.1) is 12.2 Å². The summed E-state index contributed by atoms with van der Waals surface area (Å²) in [6.45, 7) is 9.11. The highest BCUT2D eigenvalue weighted by Crippen LogP contribution is 2.18. The fraction of sp³-hybridized carbons (Fsp3) is 0.588. The average Bonchev–Trinajstić information content (AvgIpc) is 3.15. The lowest BCUT2D eigenvalue weighted by atomic mass is 10.2. The van der Waals surface area contributed by atoms with E-state index >= 15 is 0 Å². The Labute approximate surface area is 138 Å². The summed E-state index contributed by atoms with van der Waals surface area (Å²) in [5.41, 5.74) is 1.15. The van der Waals surface area contributed by atoms with Gasteiger partial charge in [-0.3, -0.25) is 14.8 Å². The zero-order valence-electron chi connectivity index (χ0n) is 14.3. The largest absolute Gasteiger partial charge is 0.314 e. The summed E-state index contributed by atoms with van der Waals surface area (Å²) in [7, 11) is 2.19. The topological polar surface area (TPSA) is 50.1 Å². The Morgan fingerprint density at radius 3 is 2.91 bits per heavy atom. The molecule has 2 aromatic rings. The molecule has 0 saturated carbocycles. The van der Waals surface area contributed by atoms with Gasteiger partial charge in [-0.2, -0.15) is 0 Å². The first kappa shape index (κ1) is 16.1. The van der Waals surface area contributed by atoms with Crippen molar-refractivity contribution in [2.75, 3.05) is 20.1 Å². The number of aromatic nitrogens is 4. The molecule has 3 heterocycles. The zero-order chi connectivity index (χ0) is 16.2. The molecular formula is C17H26N6. The van der Waals surface area contributed by atoms with Crippen LogP contribution in [-0.4, -0.2) is 55.7 Å². The smallest absolute Gasteiger partial charge is 0.147 e. The summed E-state index contributed by atoms with van der Waals surface area (Å²) < 4.78 is 2.19. The molecule has 6 nitrogen and oxygen atoms in total. The van der Waals surface area contributed by atoms with Crippen LogP contribution in [0, 0.1) is 6.92 Å². The molecule has 2 aromatic heterocycles. The molecule has 1 aliphatic rings. The highest BCUT2D eigenvalue weighted by Gasteiger charge is 2.26. The van der Waals surface area contributed by atoms with Gasteiger partial charge in [-0.15, -0.1) is 10.2 Å². The SMILES string of the molecule is CCn1c(C)nnc1CN(C)[C@@H]1CCN(Cc2ccccn2)C1. The standard InChI is InChI=1S/C17H26N6/c1-4-23-14(2)19-20-17(23)13-21(3)16-8-10-22(12-16)11-15-7-5-6-9-18-15/h5-7,9,16H,4,8,10-13H2,1-3H3/t16-/m1/s1. The number of likely N-dealkylation sites (N-methyl/N-ethyl adjacent to an activating group) is 1. The molecule has 0 radical (unpaired) electrons. The lowest BCUT2D eigenvalue weighted by Crippen LogP contribution is -2.34. The molecule has 0 N–H and O–H groups in total. The van der Waals surface area contributed by atoms with Gasteiger partial charge in [-0.05, 0) is 39.4 Å². The molecule has 0 unspecified atom stereocenters. The Bertz CT molecular complexity index is 623. The molecule has 124 valence electrons. The van der Waals surface area contributed by atoms with Crippen LogP contribution in [0.4, 0.5) is 0 Å². The van der Waals surface area contributed by atoms with Crippen LogP contribution in [0.15, 0.2) is 24.4 Å². The minimum Gasteiger partial charge on any atom is -0.314 e. The van der Waals surface area contributed by atoms with Crippen LogP contribution < -0.4 is 0 Å². The second-order valence-electron chi connectivity index (χ2n) is 6.32. The molecule has 0 aromatic carbocycles. The quantitative estimate of drug-likeness (QED) is 0.812. The van der Waals surface area contributed by atoms with Crippen LogP contribution in [0.1, 0.15) is 30.7 Å². The minimum absolute atomic E-state index is 0.570. The van der Waals surface area contributed by atoms with E-state index in [1.54, 1.807) is 0 Å². The van der Waals surface area contributed by atoms with Crippen molar-refractivity contribution in [1.82, 2.24) is 29.5 Å². The zero-order valence-corrected chi connectivity index (χ0v) is 14.3. The Hall–Kier alpha value is -1.79. The van der Waals surface area contributed by atoms with Crippen molar-refractivity contribution in [2.45, 2.75) is 45.9 Å². The molecule has 0 amide bonds. The molecule has 0 spiro atoms. The van der Waals surface area contributed by atoms with Crippen molar-refractivity contribution in [2.24, 2.45) is 0 Å². The number of hydrogen-bond donors (Lipinski definition) is 0. The van der Waals surface area contributed by atoms with E-state index in [9.17, 15) is 0 Å². The van der Waals surface area contributed by atoms with Crippen molar-refractivity contribution >= 4 is 0 Å². The monoisotopic (exact) mass is 314 g/mol. The number of aryl methyl sites for hydroxylation is 1. The summed E-state index contributed by atoms with van der Waals surface area (Å²) in [6.07, 6.45) is 3.07. The van der Waals surface area contributed by atoms with Gasteiger partial charge in [0.1, 0.15) is 11.6 Å². The molecule has 1 aliphatic heterocycles.